The molecule has 2 N–H and O–H groups in total. The van der Waals surface area contributed by atoms with Crippen LogP contribution in [0.5, 0.6) is 11.8 Å². The summed E-state index contributed by atoms with van der Waals surface area (Å²) in [5.74, 6) is 0.172. The van der Waals surface area contributed by atoms with Crippen LogP contribution in [0.4, 0.5) is 10.2 Å². The third-order valence-electron chi connectivity index (χ3n) is 9.28. The first-order valence-corrected chi connectivity index (χ1v) is 15.1. The third-order valence-corrected chi connectivity index (χ3v) is 10.2. The van der Waals surface area contributed by atoms with E-state index in [-0.39, 0.29) is 28.5 Å². The molecule has 208 valence electrons. The van der Waals surface area contributed by atoms with E-state index < -0.39 is 5.82 Å². The highest BCUT2D eigenvalue weighted by Crippen LogP contribution is 2.41. The van der Waals surface area contributed by atoms with Crippen molar-refractivity contribution in [3.05, 3.63) is 29.2 Å². The molecule has 0 radical (unpaired) electrons. The SMILES string of the molecule is Cc1nc2c(-c3ncc4c(N5CC6CCC(C5)N6)nc(OCC56CCCN5CCC6)nc4c3F)cc(O)cc2s1. The summed E-state index contributed by atoms with van der Waals surface area (Å²) in [5.41, 5.74) is 1.41. The Morgan fingerprint density at radius 1 is 1.10 bits per heavy atom. The molecule has 4 aliphatic heterocycles. The zero-order chi connectivity index (χ0) is 27.0. The van der Waals surface area contributed by atoms with E-state index in [1.54, 1.807) is 12.3 Å². The van der Waals surface area contributed by atoms with Crippen LogP contribution in [0.2, 0.25) is 0 Å². The molecule has 0 aliphatic carbocycles. The molecule has 1 aromatic carbocycles. The number of anilines is 1. The van der Waals surface area contributed by atoms with E-state index in [2.05, 4.69) is 30.1 Å². The van der Waals surface area contributed by atoms with Crippen molar-refractivity contribution in [3.63, 3.8) is 0 Å². The van der Waals surface area contributed by atoms with E-state index in [9.17, 15) is 5.11 Å². The van der Waals surface area contributed by atoms with Gasteiger partial charge in [-0.3, -0.25) is 9.88 Å². The maximum atomic E-state index is 16.5. The first-order valence-electron chi connectivity index (χ1n) is 14.3. The van der Waals surface area contributed by atoms with Crippen molar-refractivity contribution in [2.75, 3.05) is 37.7 Å². The van der Waals surface area contributed by atoms with E-state index in [0.29, 0.717) is 41.0 Å². The lowest BCUT2D eigenvalue weighted by Crippen LogP contribution is -2.51. The minimum atomic E-state index is -0.553. The maximum absolute atomic E-state index is 16.5. The molecule has 0 amide bonds. The van der Waals surface area contributed by atoms with E-state index in [1.165, 1.54) is 30.2 Å². The van der Waals surface area contributed by atoms with Gasteiger partial charge >= 0.3 is 6.01 Å². The first-order chi connectivity index (χ1) is 19.5. The highest BCUT2D eigenvalue weighted by molar-refractivity contribution is 7.18. The Bertz CT molecular complexity index is 1620. The second-order valence-electron chi connectivity index (χ2n) is 11.8. The fraction of sp³-hybridized carbons (Fsp3) is 0.517. The molecule has 2 bridgehead atoms. The van der Waals surface area contributed by atoms with Crippen LogP contribution in [0.1, 0.15) is 43.5 Å². The normalized spacial score (nSPS) is 23.9. The van der Waals surface area contributed by atoms with Crippen LogP contribution in [0.25, 0.3) is 32.4 Å². The third kappa shape index (κ3) is 3.93. The second-order valence-corrected chi connectivity index (χ2v) is 13.1. The number of fused-ring (bicyclic) bond motifs is 5. The summed E-state index contributed by atoms with van der Waals surface area (Å²) < 4.78 is 23.7. The van der Waals surface area contributed by atoms with Gasteiger partial charge in [0.2, 0.25) is 0 Å². The van der Waals surface area contributed by atoms with Crippen LogP contribution in [0.3, 0.4) is 0 Å². The average Bonchev–Trinajstić information content (AvgIpc) is 3.70. The van der Waals surface area contributed by atoms with Gasteiger partial charge in [0.1, 0.15) is 29.4 Å². The van der Waals surface area contributed by atoms with Crippen molar-refractivity contribution in [2.45, 2.75) is 63.1 Å². The number of nitrogens with one attached hydrogen (secondary N) is 1. The van der Waals surface area contributed by atoms with Crippen LogP contribution in [0, 0.1) is 12.7 Å². The van der Waals surface area contributed by atoms with E-state index in [1.807, 2.05) is 6.92 Å². The van der Waals surface area contributed by atoms with Crippen molar-refractivity contribution < 1.29 is 14.2 Å². The molecule has 9 nitrogen and oxygen atoms in total. The number of halogens is 1. The van der Waals surface area contributed by atoms with Crippen LogP contribution < -0.4 is 15.0 Å². The summed E-state index contributed by atoms with van der Waals surface area (Å²) in [5, 5.41) is 15.5. The summed E-state index contributed by atoms with van der Waals surface area (Å²) in [7, 11) is 0. The molecular formula is C29H32FN7O2S. The molecule has 7 heterocycles. The van der Waals surface area contributed by atoms with Gasteiger partial charge in [-0.05, 0) is 70.7 Å². The predicted octanol–water partition coefficient (Wildman–Crippen LogP) is 4.40. The lowest BCUT2D eigenvalue weighted by Gasteiger charge is -2.34. The summed E-state index contributed by atoms with van der Waals surface area (Å²) >= 11 is 1.46. The number of aromatic hydroxyl groups is 1. The molecule has 4 fully saturated rings. The number of pyridine rings is 1. The summed E-state index contributed by atoms with van der Waals surface area (Å²) in [6, 6.07) is 4.18. The zero-order valence-corrected chi connectivity index (χ0v) is 23.3. The number of aromatic nitrogens is 4. The smallest absolute Gasteiger partial charge is 0.319 e. The lowest BCUT2D eigenvalue weighted by atomic mass is 9.95. The fourth-order valence-corrected chi connectivity index (χ4v) is 8.34. The number of phenols is 1. The molecule has 8 rings (SSSR count). The molecule has 40 heavy (non-hydrogen) atoms. The van der Waals surface area contributed by atoms with Gasteiger partial charge < -0.3 is 20.1 Å². The van der Waals surface area contributed by atoms with Gasteiger partial charge in [-0.25, -0.2) is 9.37 Å². The quantitative estimate of drug-likeness (QED) is 0.367. The molecule has 0 spiro atoms. The number of hydrogen-bond donors (Lipinski definition) is 2. The fourth-order valence-electron chi connectivity index (χ4n) is 7.45. The van der Waals surface area contributed by atoms with Gasteiger partial charge in [-0.2, -0.15) is 9.97 Å². The summed E-state index contributed by atoms with van der Waals surface area (Å²) in [6.07, 6.45) is 8.49. The van der Waals surface area contributed by atoms with Crippen molar-refractivity contribution in [2.24, 2.45) is 0 Å². The molecule has 2 atom stereocenters. The lowest BCUT2D eigenvalue weighted by molar-refractivity contribution is 0.108. The van der Waals surface area contributed by atoms with Crippen LogP contribution in [0.15, 0.2) is 18.3 Å². The van der Waals surface area contributed by atoms with Crippen LogP contribution >= 0.6 is 11.3 Å². The van der Waals surface area contributed by atoms with Gasteiger partial charge in [0.05, 0.1) is 26.1 Å². The van der Waals surface area contributed by atoms with E-state index in [0.717, 1.165) is 61.6 Å². The van der Waals surface area contributed by atoms with Crippen molar-refractivity contribution in [3.8, 4) is 23.0 Å². The Balaban J connectivity index is 1.25. The number of aryl methyl sites for hydroxylation is 1. The standard InChI is InChI=1S/C29H32FN7O2S/c1-16-32-24-20(10-19(38)11-22(24)40-16)25-23(30)26-21(12-31-25)27(36-13-17-4-5-18(14-36)33-17)35-28(34-26)39-15-29-6-2-8-37(29)9-3-7-29/h10-12,17-18,33,38H,2-9,13-15H2,1H3. The van der Waals surface area contributed by atoms with Gasteiger partial charge in [0.25, 0.3) is 0 Å². The molecule has 2 unspecified atom stereocenters. The van der Waals surface area contributed by atoms with Crippen molar-refractivity contribution in [1.29, 1.82) is 0 Å². The summed E-state index contributed by atoms with van der Waals surface area (Å²) in [6.45, 7) is 6.22. The van der Waals surface area contributed by atoms with Gasteiger partial charge in [-0.1, -0.05) is 0 Å². The topological polar surface area (TPSA) is 99.5 Å². The minimum absolute atomic E-state index is 0.0320. The summed E-state index contributed by atoms with van der Waals surface area (Å²) in [4.78, 5) is 23.5. The molecule has 3 aromatic heterocycles. The van der Waals surface area contributed by atoms with Crippen molar-refractivity contribution >= 4 is 38.3 Å². The van der Waals surface area contributed by atoms with Crippen LogP contribution in [-0.4, -0.2) is 80.4 Å². The Morgan fingerprint density at radius 3 is 2.65 bits per heavy atom. The van der Waals surface area contributed by atoms with E-state index >= 15 is 4.39 Å². The number of phenolic OH excluding ortho intramolecular Hbond substituents is 1. The second kappa shape index (κ2) is 9.19. The largest absolute Gasteiger partial charge is 0.508 e. The number of benzene rings is 1. The monoisotopic (exact) mass is 561 g/mol. The number of hydrogen-bond acceptors (Lipinski definition) is 10. The Hall–Kier alpha value is -3.15. The molecule has 4 aromatic rings. The molecular weight excluding hydrogens is 529 g/mol. The molecule has 4 aliphatic rings. The van der Waals surface area contributed by atoms with E-state index in [4.69, 9.17) is 9.72 Å². The van der Waals surface area contributed by atoms with Gasteiger partial charge in [-0.15, -0.1) is 11.3 Å². The van der Waals surface area contributed by atoms with Gasteiger partial charge in [0.15, 0.2) is 5.82 Å². The highest BCUT2D eigenvalue weighted by Gasteiger charge is 2.45. The number of nitrogens with zero attached hydrogens (tertiary/aromatic N) is 6. The average molecular weight is 562 g/mol. The molecule has 4 saturated heterocycles. The Morgan fingerprint density at radius 2 is 1.88 bits per heavy atom. The highest BCUT2D eigenvalue weighted by atomic mass is 32.1. The van der Waals surface area contributed by atoms with Crippen molar-refractivity contribution in [1.82, 2.24) is 30.2 Å². The van der Waals surface area contributed by atoms with Crippen LogP contribution in [-0.2, 0) is 0 Å². The predicted molar refractivity (Wildman–Crippen MR) is 153 cm³/mol. The Labute approximate surface area is 235 Å². The number of rotatable bonds is 5. The van der Waals surface area contributed by atoms with Gasteiger partial charge in [0, 0.05) is 36.9 Å². The first kappa shape index (κ1) is 24.6. The maximum Gasteiger partial charge on any atom is 0.319 e. The molecule has 11 heteroatoms. The number of ether oxygens (including phenoxy) is 1. The number of piperazine rings is 1. The minimum Gasteiger partial charge on any atom is -0.508 e. The Kier molecular flexibility index (Phi) is 5.66. The zero-order valence-electron chi connectivity index (χ0n) is 22.5. The number of thiazole rings is 1. The molecule has 0 saturated carbocycles.